The maximum atomic E-state index is 12.7. The minimum atomic E-state index is -4.24. The summed E-state index contributed by atoms with van der Waals surface area (Å²) in [6.45, 7) is 5.14. The van der Waals surface area contributed by atoms with Crippen LogP contribution in [-0.2, 0) is 28.5 Å². The van der Waals surface area contributed by atoms with Gasteiger partial charge in [-0.05, 0) is 74.5 Å². The molecule has 1 heterocycles. The number of hydrogen-bond acceptors (Lipinski definition) is 5. The van der Waals surface area contributed by atoms with Crippen LogP contribution in [0.2, 0.25) is 0 Å². The summed E-state index contributed by atoms with van der Waals surface area (Å²) < 4.78 is 32.4. The van der Waals surface area contributed by atoms with Gasteiger partial charge in [0, 0.05) is 17.3 Å². The number of nitrogens with one attached hydrogen (secondary N) is 2. The van der Waals surface area contributed by atoms with Crippen LogP contribution in [0.5, 0.6) is 0 Å². The molecule has 4 rings (SSSR count). The topological polar surface area (TPSA) is 109 Å². The van der Waals surface area contributed by atoms with Gasteiger partial charge in [-0.2, -0.15) is 8.42 Å². The number of carbonyl (C=O) groups excluding carboxylic acids is 1. The van der Waals surface area contributed by atoms with Gasteiger partial charge in [0.05, 0.1) is 11.9 Å². The first-order valence-electron chi connectivity index (χ1n) is 10.6. The second-order valence-electron chi connectivity index (χ2n) is 9.14. The number of anilines is 1. The lowest BCUT2D eigenvalue weighted by Crippen LogP contribution is -2.35. The predicted molar refractivity (Wildman–Crippen MR) is 118 cm³/mol. The lowest BCUT2D eigenvalue weighted by Gasteiger charge is -2.22. The van der Waals surface area contributed by atoms with E-state index in [1.165, 1.54) is 19.9 Å². The molecule has 0 saturated heterocycles. The molecule has 1 fully saturated rings. The van der Waals surface area contributed by atoms with E-state index in [4.69, 9.17) is 12.3 Å². The fourth-order valence-electron chi connectivity index (χ4n) is 4.29. The largest absolute Gasteiger partial charge is 0.451 e. The van der Waals surface area contributed by atoms with E-state index in [0.717, 1.165) is 60.5 Å². The summed E-state index contributed by atoms with van der Waals surface area (Å²) in [5.74, 6) is 0.772. The highest BCUT2D eigenvalue weighted by Crippen LogP contribution is 2.46. The Morgan fingerprint density at radius 2 is 1.94 bits per heavy atom. The molecule has 2 aliphatic rings. The quantitative estimate of drug-likeness (QED) is 0.597. The van der Waals surface area contributed by atoms with Gasteiger partial charge in [-0.1, -0.05) is 18.5 Å². The number of fused-ring (bicyclic) bond motifs is 1. The van der Waals surface area contributed by atoms with E-state index >= 15 is 0 Å². The van der Waals surface area contributed by atoms with E-state index in [9.17, 15) is 18.3 Å². The van der Waals surface area contributed by atoms with Crippen molar-refractivity contribution in [3.63, 3.8) is 0 Å². The Morgan fingerprint density at radius 1 is 1.26 bits per heavy atom. The van der Waals surface area contributed by atoms with Crippen LogP contribution in [0.25, 0.3) is 0 Å². The SMILES string of the molecule is [B]c1cc([C@H](C)C2CC2)c(NC(=O)NS(=O)(=O)c2cc(C(C)(C)O)co2)c2c1CCC2. The average Bonchev–Trinajstić information content (AvgIpc) is 3.17. The molecule has 2 aromatic rings. The van der Waals surface area contributed by atoms with Crippen LogP contribution in [0, 0.1) is 5.92 Å². The molecule has 31 heavy (non-hydrogen) atoms. The Kier molecular flexibility index (Phi) is 5.46. The van der Waals surface area contributed by atoms with Crippen molar-refractivity contribution in [2.24, 2.45) is 5.92 Å². The first-order valence-corrected chi connectivity index (χ1v) is 12.0. The standard InChI is InChI=1S/C22H27BN2O5S/c1-12(13-7-8-13)17-10-18(23)15-5-4-6-16(15)20(17)24-21(26)25-31(28,29)19-9-14(11-30-19)22(2,3)27/h9-13,27H,4-8H2,1-3H3,(H2,24,25,26)/t12-/m1/s1. The van der Waals surface area contributed by atoms with E-state index in [1.54, 1.807) is 0 Å². The van der Waals surface area contributed by atoms with Crippen LogP contribution in [0.3, 0.4) is 0 Å². The number of aliphatic hydroxyl groups is 1. The fraction of sp³-hybridized carbons (Fsp3) is 0.500. The first kappa shape index (κ1) is 22.0. The van der Waals surface area contributed by atoms with E-state index < -0.39 is 26.7 Å². The van der Waals surface area contributed by atoms with E-state index in [1.807, 2.05) is 10.8 Å². The Balaban J connectivity index is 1.60. The lowest BCUT2D eigenvalue weighted by molar-refractivity contribution is 0.0779. The Hall–Kier alpha value is -2.26. The summed E-state index contributed by atoms with van der Waals surface area (Å²) in [6.07, 6.45) is 6.02. The van der Waals surface area contributed by atoms with Crippen molar-refractivity contribution in [2.45, 2.75) is 69.5 Å². The summed E-state index contributed by atoms with van der Waals surface area (Å²) in [5, 5.41) is 12.4. The molecule has 2 radical (unpaired) electrons. The van der Waals surface area contributed by atoms with Crippen LogP contribution in [0.4, 0.5) is 10.5 Å². The van der Waals surface area contributed by atoms with Crippen LogP contribution < -0.4 is 15.5 Å². The number of urea groups is 1. The molecule has 1 atom stereocenters. The molecule has 2 amide bonds. The van der Waals surface area contributed by atoms with Gasteiger partial charge in [0.25, 0.3) is 10.0 Å². The van der Waals surface area contributed by atoms with Crippen molar-refractivity contribution in [1.29, 1.82) is 0 Å². The first-order chi connectivity index (χ1) is 14.5. The van der Waals surface area contributed by atoms with Gasteiger partial charge in [-0.3, -0.25) is 0 Å². The second-order valence-corrected chi connectivity index (χ2v) is 10.8. The summed E-state index contributed by atoms with van der Waals surface area (Å²) in [7, 11) is 2.05. The smallest absolute Gasteiger partial charge is 0.333 e. The number of amides is 2. The second kappa shape index (κ2) is 7.71. The minimum absolute atomic E-state index is 0.222. The monoisotopic (exact) mass is 442 g/mol. The Morgan fingerprint density at radius 3 is 2.55 bits per heavy atom. The van der Waals surface area contributed by atoms with Crippen molar-refractivity contribution in [3.8, 4) is 0 Å². The Labute approximate surface area is 184 Å². The van der Waals surface area contributed by atoms with Crippen molar-refractivity contribution in [2.75, 3.05) is 5.32 Å². The van der Waals surface area contributed by atoms with Crippen molar-refractivity contribution in [1.82, 2.24) is 4.72 Å². The number of sulfonamides is 1. The van der Waals surface area contributed by atoms with Crippen LogP contribution in [-0.4, -0.2) is 27.4 Å². The molecule has 7 nitrogen and oxygen atoms in total. The zero-order valence-corrected chi connectivity index (χ0v) is 18.8. The normalized spacial score (nSPS) is 17.3. The molecule has 0 spiro atoms. The Bertz CT molecular complexity index is 1130. The molecule has 164 valence electrons. The van der Waals surface area contributed by atoms with Gasteiger partial charge in [0.15, 0.2) is 0 Å². The molecule has 1 saturated carbocycles. The van der Waals surface area contributed by atoms with Crippen LogP contribution in [0.1, 0.15) is 68.2 Å². The number of benzene rings is 1. The molecule has 3 N–H and O–H groups in total. The van der Waals surface area contributed by atoms with Gasteiger partial charge in [0.2, 0.25) is 5.09 Å². The van der Waals surface area contributed by atoms with E-state index in [0.29, 0.717) is 17.2 Å². The third-order valence-electron chi connectivity index (χ3n) is 6.30. The van der Waals surface area contributed by atoms with Crippen molar-refractivity contribution < 1.29 is 22.7 Å². The third-order valence-corrected chi connectivity index (χ3v) is 7.50. The molecule has 0 bridgehead atoms. The van der Waals surface area contributed by atoms with E-state index in [2.05, 4.69) is 12.2 Å². The van der Waals surface area contributed by atoms with Crippen molar-refractivity contribution in [3.05, 3.63) is 40.6 Å². The number of carbonyl (C=O) groups is 1. The maximum absolute atomic E-state index is 12.7. The number of hydrogen-bond donors (Lipinski definition) is 3. The van der Waals surface area contributed by atoms with E-state index in [-0.39, 0.29) is 5.92 Å². The summed E-state index contributed by atoms with van der Waals surface area (Å²) in [5.41, 5.74) is 3.43. The number of rotatable bonds is 6. The highest BCUT2D eigenvalue weighted by atomic mass is 32.2. The molecule has 1 aromatic carbocycles. The summed E-state index contributed by atoms with van der Waals surface area (Å²) in [6, 6.07) is 2.28. The van der Waals surface area contributed by atoms with Crippen LogP contribution >= 0.6 is 0 Å². The van der Waals surface area contributed by atoms with Gasteiger partial charge < -0.3 is 14.8 Å². The molecular formula is C22H27BN2O5S. The molecule has 9 heteroatoms. The summed E-state index contributed by atoms with van der Waals surface area (Å²) in [4.78, 5) is 12.7. The molecular weight excluding hydrogens is 415 g/mol. The highest BCUT2D eigenvalue weighted by Gasteiger charge is 2.33. The molecule has 1 aromatic heterocycles. The zero-order valence-electron chi connectivity index (χ0n) is 18.0. The maximum Gasteiger partial charge on any atom is 0.333 e. The zero-order chi connectivity index (χ0) is 22.6. The predicted octanol–water partition coefficient (Wildman–Crippen LogP) is 2.81. The summed E-state index contributed by atoms with van der Waals surface area (Å²) >= 11 is 0. The molecule has 2 aliphatic carbocycles. The fourth-order valence-corrected chi connectivity index (χ4v) is 5.14. The lowest BCUT2D eigenvalue weighted by atomic mass is 9.82. The molecule has 0 unspecified atom stereocenters. The van der Waals surface area contributed by atoms with Gasteiger partial charge >= 0.3 is 6.03 Å². The number of furan rings is 1. The van der Waals surface area contributed by atoms with Gasteiger partial charge in [0.1, 0.15) is 7.85 Å². The minimum Gasteiger partial charge on any atom is -0.451 e. The third kappa shape index (κ3) is 4.39. The molecule has 0 aliphatic heterocycles. The highest BCUT2D eigenvalue weighted by molar-refractivity contribution is 7.89. The van der Waals surface area contributed by atoms with Gasteiger partial charge in [-0.25, -0.2) is 9.52 Å². The average molecular weight is 442 g/mol. The van der Waals surface area contributed by atoms with Crippen molar-refractivity contribution >= 4 is 35.1 Å². The van der Waals surface area contributed by atoms with Gasteiger partial charge in [-0.15, -0.1) is 0 Å². The van der Waals surface area contributed by atoms with Crippen LogP contribution in [0.15, 0.2) is 27.9 Å².